The molecule has 2 N–H and O–H groups in total. The van der Waals surface area contributed by atoms with Crippen LogP contribution in [0.1, 0.15) is 50.0 Å². The number of ether oxygens (including phenoxy) is 5. The molecule has 4 atom stereocenters. The minimum absolute atomic E-state index is 0.134. The Morgan fingerprint density at radius 1 is 0.805 bits per heavy atom. The first-order chi connectivity index (χ1) is 19.3. The molecule has 12 nitrogen and oxygen atoms in total. The van der Waals surface area contributed by atoms with E-state index in [4.69, 9.17) is 23.7 Å². The highest BCUT2D eigenvalue weighted by atomic mass is 16.7. The van der Waals surface area contributed by atoms with Crippen molar-refractivity contribution >= 4 is 29.8 Å². The fourth-order valence-corrected chi connectivity index (χ4v) is 3.99. The van der Waals surface area contributed by atoms with E-state index in [1.165, 1.54) is 6.92 Å². The number of aliphatic hydroxyl groups excluding tert-OH is 1. The zero-order valence-corrected chi connectivity index (χ0v) is 23.8. The fraction of sp³-hybridized carbons (Fsp3) is 0.414. The van der Waals surface area contributed by atoms with Crippen LogP contribution in [0, 0.1) is 6.92 Å². The molecule has 0 radical (unpaired) electrons. The number of benzene rings is 2. The molecular formula is C29H35NO11. The lowest BCUT2D eigenvalue weighted by atomic mass is 10.0. The monoisotopic (exact) mass is 573 g/mol. The van der Waals surface area contributed by atoms with Gasteiger partial charge in [0, 0.05) is 46.7 Å². The SMILES string of the molecule is CNC(=O)c1cccc(-c2ccc(OC(O)C(OC(C)=O)C(OC(C)=O)C(CCOC(C)=O)OC(C)=O)c(C)c2)c1. The van der Waals surface area contributed by atoms with Gasteiger partial charge in [0.15, 0.2) is 6.10 Å². The zero-order valence-electron chi connectivity index (χ0n) is 23.8. The fourth-order valence-electron chi connectivity index (χ4n) is 3.99. The Hall–Kier alpha value is -4.45. The molecule has 0 heterocycles. The van der Waals surface area contributed by atoms with Crippen LogP contribution < -0.4 is 10.1 Å². The van der Waals surface area contributed by atoms with Crippen molar-refractivity contribution in [1.29, 1.82) is 0 Å². The highest BCUT2D eigenvalue weighted by Crippen LogP contribution is 2.29. The van der Waals surface area contributed by atoms with E-state index < -0.39 is 48.5 Å². The summed E-state index contributed by atoms with van der Waals surface area (Å²) in [4.78, 5) is 59.0. The van der Waals surface area contributed by atoms with Crippen molar-refractivity contribution in [2.24, 2.45) is 0 Å². The maximum atomic E-state index is 12.0. The van der Waals surface area contributed by atoms with Gasteiger partial charge < -0.3 is 34.1 Å². The van der Waals surface area contributed by atoms with E-state index in [0.29, 0.717) is 11.1 Å². The molecule has 0 saturated heterocycles. The van der Waals surface area contributed by atoms with Gasteiger partial charge >= 0.3 is 23.9 Å². The van der Waals surface area contributed by atoms with Gasteiger partial charge in [-0.1, -0.05) is 18.2 Å². The van der Waals surface area contributed by atoms with E-state index >= 15 is 0 Å². The summed E-state index contributed by atoms with van der Waals surface area (Å²) in [6.07, 6.45) is -6.44. The molecule has 2 aromatic carbocycles. The molecule has 0 aromatic heterocycles. The number of nitrogens with one attached hydrogen (secondary N) is 1. The van der Waals surface area contributed by atoms with Crippen molar-refractivity contribution in [2.45, 2.75) is 65.6 Å². The predicted molar refractivity (Wildman–Crippen MR) is 145 cm³/mol. The van der Waals surface area contributed by atoms with Crippen LogP contribution in [0.2, 0.25) is 0 Å². The van der Waals surface area contributed by atoms with Crippen molar-refractivity contribution in [3.05, 3.63) is 53.6 Å². The molecule has 0 spiro atoms. The van der Waals surface area contributed by atoms with E-state index in [9.17, 15) is 29.1 Å². The Bertz CT molecular complexity index is 1260. The third-order valence-electron chi connectivity index (χ3n) is 5.71. The molecule has 2 rings (SSSR count). The van der Waals surface area contributed by atoms with E-state index in [2.05, 4.69) is 5.32 Å². The van der Waals surface area contributed by atoms with Gasteiger partial charge in [-0.25, -0.2) is 0 Å². The first-order valence-corrected chi connectivity index (χ1v) is 12.7. The molecule has 0 aliphatic carbocycles. The summed E-state index contributed by atoms with van der Waals surface area (Å²) in [6, 6.07) is 12.1. The molecule has 0 bridgehead atoms. The molecule has 0 aliphatic rings. The van der Waals surface area contributed by atoms with Gasteiger partial charge in [0.05, 0.1) is 6.61 Å². The number of amides is 1. The van der Waals surface area contributed by atoms with Crippen LogP contribution in [0.15, 0.2) is 42.5 Å². The molecule has 0 aliphatic heterocycles. The Morgan fingerprint density at radius 3 is 1.98 bits per heavy atom. The predicted octanol–water partition coefficient (Wildman–Crippen LogP) is 2.47. The number of esters is 4. The minimum atomic E-state index is -1.88. The molecule has 0 fully saturated rings. The molecule has 41 heavy (non-hydrogen) atoms. The number of hydrogen-bond donors (Lipinski definition) is 2. The van der Waals surface area contributed by atoms with Crippen molar-refractivity contribution in [2.75, 3.05) is 13.7 Å². The van der Waals surface area contributed by atoms with E-state index in [1.807, 2.05) is 6.07 Å². The van der Waals surface area contributed by atoms with Crippen LogP contribution in [0.4, 0.5) is 0 Å². The lowest BCUT2D eigenvalue weighted by Crippen LogP contribution is -2.52. The summed E-state index contributed by atoms with van der Waals surface area (Å²) in [7, 11) is 1.54. The first kappa shape index (κ1) is 32.8. The summed E-state index contributed by atoms with van der Waals surface area (Å²) < 4.78 is 26.6. The number of rotatable bonds is 13. The van der Waals surface area contributed by atoms with Crippen LogP contribution >= 0.6 is 0 Å². The Balaban J connectivity index is 2.38. The highest BCUT2D eigenvalue weighted by Gasteiger charge is 2.42. The Kier molecular flexibility index (Phi) is 12.3. The van der Waals surface area contributed by atoms with Gasteiger partial charge in [0.1, 0.15) is 11.9 Å². The molecule has 4 unspecified atom stereocenters. The maximum absolute atomic E-state index is 12.0. The van der Waals surface area contributed by atoms with Gasteiger partial charge in [0.2, 0.25) is 12.4 Å². The van der Waals surface area contributed by atoms with Crippen LogP contribution in [0.3, 0.4) is 0 Å². The second-order valence-electron chi connectivity index (χ2n) is 9.07. The molecule has 0 saturated carbocycles. The van der Waals surface area contributed by atoms with Crippen molar-refractivity contribution in [1.82, 2.24) is 5.32 Å². The van der Waals surface area contributed by atoms with Crippen molar-refractivity contribution < 1.29 is 52.8 Å². The Morgan fingerprint density at radius 2 is 1.41 bits per heavy atom. The van der Waals surface area contributed by atoms with Crippen molar-refractivity contribution in [3.8, 4) is 16.9 Å². The van der Waals surface area contributed by atoms with Gasteiger partial charge in [0.25, 0.3) is 5.91 Å². The number of carbonyl (C=O) groups excluding carboxylic acids is 5. The summed E-state index contributed by atoms with van der Waals surface area (Å²) in [5.74, 6) is -3.01. The largest absolute Gasteiger partial charge is 0.466 e. The van der Waals surface area contributed by atoms with Crippen molar-refractivity contribution in [3.63, 3.8) is 0 Å². The van der Waals surface area contributed by atoms with Gasteiger partial charge in [-0.3, -0.25) is 24.0 Å². The number of carbonyl (C=O) groups is 5. The molecular weight excluding hydrogens is 538 g/mol. The number of aryl methyl sites for hydroxylation is 1. The third kappa shape index (κ3) is 10.2. The topological polar surface area (TPSA) is 164 Å². The average molecular weight is 574 g/mol. The molecule has 1 amide bonds. The average Bonchev–Trinajstić information content (AvgIpc) is 2.90. The van der Waals surface area contributed by atoms with E-state index in [1.54, 1.807) is 50.4 Å². The zero-order chi connectivity index (χ0) is 30.7. The summed E-state index contributed by atoms with van der Waals surface area (Å²) >= 11 is 0. The van der Waals surface area contributed by atoms with Crippen LogP contribution in [0.5, 0.6) is 5.75 Å². The summed E-state index contributed by atoms with van der Waals surface area (Å²) in [5, 5.41) is 13.6. The van der Waals surface area contributed by atoms with E-state index in [-0.39, 0.29) is 24.7 Å². The van der Waals surface area contributed by atoms with Gasteiger partial charge in [-0.15, -0.1) is 0 Å². The number of hydrogen-bond acceptors (Lipinski definition) is 11. The van der Waals surface area contributed by atoms with Crippen LogP contribution in [0.25, 0.3) is 11.1 Å². The molecule has 12 heteroatoms. The normalized spacial score (nSPS) is 13.5. The standard InChI is InChI=1S/C29H35NO11/c1-16-14-22(21-8-7-9-23(15-21)28(35)30-6)10-11-24(16)41-29(36)27(40-20(5)34)26(39-19(4)33)25(38-18(3)32)12-13-37-17(2)31/h7-11,14-15,25-27,29,36H,12-13H2,1-6H3,(H,30,35). The quantitative estimate of drug-likeness (QED) is 0.205. The molecule has 2 aromatic rings. The summed E-state index contributed by atoms with van der Waals surface area (Å²) in [5.41, 5.74) is 2.61. The lowest BCUT2D eigenvalue weighted by molar-refractivity contribution is -0.212. The maximum Gasteiger partial charge on any atom is 0.303 e. The number of aliphatic hydroxyl groups is 1. The van der Waals surface area contributed by atoms with Crippen LogP contribution in [-0.2, 0) is 38.1 Å². The third-order valence-corrected chi connectivity index (χ3v) is 5.71. The summed E-state index contributed by atoms with van der Waals surface area (Å²) in [6.45, 7) is 5.99. The second kappa shape index (κ2) is 15.4. The van der Waals surface area contributed by atoms with E-state index in [0.717, 1.165) is 31.9 Å². The molecule has 222 valence electrons. The van der Waals surface area contributed by atoms with Gasteiger partial charge in [-0.2, -0.15) is 0 Å². The smallest absolute Gasteiger partial charge is 0.303 e. The highest BCUT2D eigenvalue weighted by molar-refractivity contribution is 5.95. The Labute approximate surface area is 237 Å². The van der Waals surface area contributed by atoms with Gasteiger partial charge in [-0.05, 0) is 47.9 Å². The minimum Gasteiger partial charge on any atom is -0.466 e. The van der Waals surface area contributed by atoms with Crippen LogP contribution in [-0.4, -0.2) is 73.1 Å². The lowest BCUT2D eigenvalue weighted by Gasteiger charge is -2.34. The second-order valence-corrected chi connectivity index (χ2v) is 9.07. The first-order valence-electron chi connectivity index (χ1n) is 12.7.